The van der Waals surface area contributed by atoms with E-state index in [-0.39, 0.29) is 11.4 Å². The number of hydrogen-bond acceptors (Lipinski definition) is 3. The number of benzene rings is 2. The van der Waals surface area contributed by atoms with Crippen LogP contribution in [0.15, 0.2) is 47.4 Å². The smallest absolute Gasteiger partial charge is 0.305 e. The molecule has 0 aromatic heterocycles. The van der Waals surface area contributed by atoms with Crippen LogP contribution in [0.25, 0.3) is 0 Å². The number of anilines is 1. The van der Waals surface area contributed by atoms with Crippen molar-refractivity contribution in [1.29, 1.82) is 0 Å². The number of para-hydroxylation sites is 1. The van der Waals surface area contributed by atoms with Gasteiger partial charge in [0.2, 0.25) is 5.91 Å². The van der Waals surface area contributed by atoms with Crippen molar-refractivity contribution in [3.8, 4) is 0 Å². The van der Waals surface area contributed by atoms with E-state index >= 15 is 0 Å². The summed E-state index contributed by atoms with van der Waals surface area (Å²) in [6, 6.07) is 11.0. The molecule has 0 saturated carbocycles. The van der Waals surface area contributed by atoms with Crippen molar-refractivity contribution < 1.29 is 14.0 Å². The van der Waals surface area contributed by atoms with Gasteiger partial charge in [-0.2, -0.15) is 0 Å². The minimum atomic E-state index is -0.749. The Morgan fingerprint density at radius 2 is 1.87 bits per heavy atom. The molecule has 4 nitrogen and oxygen atoms in total. The van der Waals surface area contributed by atoms with E-state index in [1.807, 2.05) is 32.0 Å². The Balaban J connectivity index is 1.85. The molecule has 0 fully saturated rings. The largest absolute Gasteiger partial charge is 0.325 e. The molecular weight excluding hydrogens is 315 g/mol. The molecule has 0 heterocycles. The molecule has 0 aliphatic carbocycles. The molecule has 0 unspecified atom stereocenters. The molecule has 23 heavy (non-hydrogen) atoms. The molecule has 2 rings (SSSR count). The Kier molecular flexibility index (Phi) is 5.76. The highest BCUT2D eigenvalue weighted by Crippen LogP contribution is 2.22. The highest BCUT2D eigenvalue weighted by Gasteiger charge is 2.11. The van der Waals surface area contributed by atoms with E-state index in [0.717, 1.165) is 16.0 Å². The van der Waals surface area contributed by atoms with Gasteiger partial charge < -0.3 is 5.32 Å². The second-order valence-electron chi connectivity index (χ2n) is 5.04. The third kappa shape index (κ3) is 5.10. The van der Waals surface area contributed by atoms with Gasteiger partial charge in [-0.1, -0.05) is 29.8 Å². The molecule has 120 valence electrons. The van der Waals surface area contributed by atoms with Gasteiger partial charge in [-0.05, 0) is 37.6 Å². The lowest BCUT2D eigenvalue weighted by Crippen LogP contribution is -2.35. The van der Waals surface area contributed by atoms with Gasteiger partial charge in [-0.25, -0.2) is 9.18 Å². The molecule has 0 saturated heterocycles. The van der Waals surface area contributed by atoms with E-state index in [1.165, 1.54) is 30.0 Å². The first kappa shape index (κ1) is 17.0. The zero-order valence-corrected chi connectivity index (χ0v) is 13.7. The average molecular weight is 332 g/mol. The van der Waals surface area contributed by atoms with Gasteiger partial charge in [0.1, 0.15) is 5.82 Å². The van der Waals surface area contributed by atoms with E-state index in [1.54, 1.807) is 6.07 Å². The fourth-order valence-electron chi connectivity index (χ4n) is 1.98. The summed E-state index contributed by atoms with van der Waals surface area (Å²) in [6.45, 7) is 3.97. The topological polar surface area (TPSA) is 58.2 Å². The Morgan fingerprint density at radius 1 is 1.13 bits per heavy atom. The maximum atomic E-state index is 13.4. The Hall–Kier alpha value is -2.34. The molecule has 0 spiro atoms. The number of nitrogens with one attached hydrogen (secondary N) is 2. The van der Waals surface area contributed by atoms with Crippen molar-refractivity contribution in [2.45, 2.75) is 18.7 Å². The number of urea groups is 1. The predicted molar refractivity (Wildman–Crippen MR) is 90.2 cm³/mol. The van der Waals surface area contributed by atoms with Crippen molar-refractivity contribution in [2.24, 2.45) is 0 Å². The molecule has 2 aromatic carbocycles. The summed E-state index contributed by atoms with van der Waals surface area (Å²) in [5.74, 6) is -0.891. The quantitative estimate of drug-likeness (QED) is 0.835. The van der Waals surface area contributed by atoms with Crippen molar-refractivity contribution in [1.82, 2.24) is 5.32 Å². The van der Waals surface area contributed by atoms with Crippen molar-refractivity contribution >= 4 is 29.4 Å². The molecular formula is C17H17FN2O2S. The summed E-state index contributed by atoms with van der Waals surface area (Å²) in [5, 5.41) is 4.48. The van der Waals surface area contributed by atoms with Crippen LogP contribution in [-0.4, -0.2) is 17.7 Å². The van der Waals surface area contributed by atoms with Gasteiger partial charge in [0.15, 0.2) is 0 Å². The molecule has 0 radical (unpaired) electrons. The van der Waals surface area contributed by atoms with Crippen LogP contribution < -0.4 is 10.6 Å². The first-order valence-electron chi connectivity index (χ1n) is 7.01. The number of thioether (sulfide) groups is 1. The van der Waals surface area contributed by atoms with Crippen molar-refractivity contribution in [2.75, 3.05) is 11.1 Å². The van der Waals surface area contributed by atoms with Crippen LogP contribution >= 0.6 is 11.8 Å². The molecule has 0 bridgehead atoms. The predicted octanol–water partition coefficient (Wildman–Crippen LogP) is 3.88. The van der Waals surface area contributed by atoms with Gasteiger partial charge in [-0.3, -0.25) is 10.1 Å². The first-order valence-corrected chi connectivity index (χ1v) is 7.99. The van der Waals surface area contributed by atoms with Crippen LogP contribution in [0.1, 0.15) is 11.1 Å². The second-order valence-corrected chi connectivity index (χ2v) is 6.06. The molecule has 0 aliphatic heterocycles. The van der Waals surface area contributed by atoms with Crippen LogP contribution in [0, 0.1) is 19.7 Å². The summed E-state index contributed by atoms with van der Waals surface area (Å²) in [4.78, 5) is 24.5. The summed E-state index contributed by atoms with van der Waals surface area (Å²) < 4.78 is 13.4. The van der Waals surface area contributed by atoms with Crippen LogP contribution in [-0.2, 0) is 4.79 Å². The van der Waals surface area contributed by atoms with E-state index in [0.29, 0.717) is 0 Å². The maximum Gasteiger partial charge on any atom is 0.325 e. The molecule has 0 aliphatic rings. The van der Waals surface area contributed by atoms with Gasteiger partial charge in [0, 0.05) is 4.90 Å². The highest BCUT2D eigenvalue weighted by atomic mass is 32.2. The van der Waals surface area contributed by atoms with E-state index in [4.69, 9.17) is 0 Å². The fraction of sp³-hybridized carbons (Fsp3) is 0.176. The number of hydrogen-bond donors (Lipinski definition) is 2. The average Bonchev–Trinajstić information content (AvgIpc) is 2.48. The van der Waals surface area contributed by atoms with Crippen molar-refractivity contribution in [3.05, 3.63) is 59.4 Å². The molecule has 6 heteroatoms. The number of aryl methyl sites for hydroxylation is 2. The number of carbonyl (C=O) groups is 2. The van der Waals surface area contributed by atoms with Crippen LogP contribution in [0.2, 0.25) is 0 Å². The second kappa shape index (κ2) is 7.78. The molecule has 3 amide bonds. The summed E-state index contributed by atoms with van der Waals surface area (Å²) >= 11 is 1.35. The van der Waals surface area contributed by atoms with Crippen molar-refractivity contribution in [3.63, 3.8) is 0 Å². The minimum Gasteiger partial charge on any atom is -0.305 e. The van der Waals surface area contributed by atoms with Crippen LogP contribution in [0.5, 0.6) is 0 Å². The summed E-state index contributed by atoms with van der Waals surface area (Å²) in [5.41, 5.74) is 2.26. The van der Waals surface area contributed by atoms with Gasteiger partial charge in [-0.15, -0.1) is 11.8 Å². The lowest BCUT2D eigenvalue weighted by atomic mass is 10.2. The van der Waals surface area contributed by atoms with E-state index < -0.39 is 17.8 Å². The van der Waals surface area contributed by atoms with E-state index in [2.05, 4.69) is 10.6 Å². The number of carbonyl (C=O) groups excluding carboxylic acids is 2. The standard InChI is InChI=1S/C17H17FN2O2S/c1-11-7-8-15(12(2)9-11)23-10-16(21)20-17(22)19-14-6-4-3-5-13(14)18/h3-9H,10H2,1-2H3,(H2,19,20,21,22). The molecule has 2 aromatic rings. The summed E-state index contributed by atoms with van der Waals surface area (Å²) in [7, 11) is 0. The first-order chi connectivity index (χ1) is 11.0. The minimum absolute atomic E-state index is 0.0276. The van der Waals surface area contributed by atoms with Gasteiger partial charge in [0.05, 0.1) is 11.4 Å². The zero-order valence-electron chi connectivity index (χ0n) is 12.9. The number of halogens is 1. The van der Waals surface area contributed by atoms with Crippen LogP contribution in [0.3, 0.4) is 0 Å². The summed E-state index contributed by atoms with van der Waals surface area (Å²) in [6.07, 6.45) is 0. The third-order valence-electron chi connectivity index (χ3n) is 3.06. The lowest BCUT2D eigenvalue weighted by Gasteiger charge is -2.08. The van der Waals surface area contributed by atoms with Gasteiger partial charge in [0.25, 0.3) is 0 Å². The fourth-order valence-corrected chi connectivity index (χ4v) is 2.79. The molecule has 2 N–H and O–H groups in total. The highest BCUT2D eigenvalue weighted by molar-refractivity contribution is 8.00. The molecule has 0 atom stereocenters. The number of imide groups is 1. The van der Waals surface area contributed by atoms with E-state index in [9.17, 15) is 14.0 Å². The zero-order chi connectivity index (χ0) is 16.8. The number of rotatable bonds is 4. The normalized spacial score (nSPS) is 10.2. The number of amides is 3. The van der Waals surface area contributed by atoms with Crippen LogP contribution in [0.4, 0.5) is 14.9 Å². The Bertz CT molecular complexity index is 734. The monoisotopic (exact) mass is 332 g/mol. The third-order valence-corrected chi connectivity index (χ3v) is 4.24. The lowest BCUT2D eigenvalue weighted by molar-refractivity contribution is -0.117. The SMILES string of the molecule is Cc1ccc(SCC(=O)NC(=O)Nc2ccccc2F)c(C)c1. The Labute approximate surface area is 138 Å². The Morgan fingerprint density at radius 3 is 2.57 bits per heavy atom. The van der Waals surface area contributed by atoms with Gasteiger partial charge >= 0.3 is 6.03 Å². The maximum absolute atomic E-state index is 13.4.